The first-order chi connectivity index (χ1) is 12.3. The van der Waals surface area contributed by atoms with E-state index in [1.54, 1.807) is 13.0 Å². The topological polar surface area (TPSA) is 72.5 Å². The number of ether oxygens (including phenoxy) is 1. The highest BCUT2D eigenvalue weighted by molar-refractivity contribution is 7.91. The number of halogens is 1. The summed E-state index contributed by atoms with van der Waals surface area (Å²) in [6.07, 6.45) is 6.32. The predicted molar refractivity (Wildman–Crippen MR) is 103 cm³/mol. The molecule has 0 bridgehead atoms. The van der Waals surface area contributed by atoms with Crippen LogP contribution in [-0.2, 0) is 14.6 Å². The summed E-state index contributed by atoms with van der Waals surface area (Å²) in [5, 5.41) is 3.49. The Morgan fingerprint density at radius 2 is 2.04 bits per heavy atom. The Balaban J connectivity index is 1.63. The van der Waals surface area contributed by atoms with E-state index in [-0.39, 0.29) is 24.0 Å². The minimum absolute atomic E-state index is 0.0139. The molecular formula is C19H26ClNO4S. The number of carbonyl (C=O) groups is 1. The van der Waals surface area contributed by atoms with Crippen LogP contribution in [0, 0.1) is 0 Å². The van der Waals surface area contributed by atoms with E-state index in [0.717, 1.165) is 18.4 Å². The minimum Gasteiger partial charge on any atom is -0.483 e. The van der Waals surface area contributed by atoms with Crippen molar-refractivity contribution in [3.05, 3.63) is 28.8 Å². The number of sulfone groups is 1. The lowest BCUT2D eigenvalue weighted by Crippen LogP contribution is -2.48. The molecular weight excluding hydrogens is 374 g/mol. The molecule has 3 rings (SSSR count). The second-order valence-corrected chi connectivity index (χ2v) is 10.4. The average molecular weight is 400 g/mol. The van der Waals surface area contributed by atoms with Crippen molar-refractivity contribution in [2.45, 2.75) is 56.9 Å². The van der Waals surface area contributed by atoms with E-state index < -0.39 is 15.4 Å². The number of hydrogen-bond donors (Lipinski definition) is 1. The van der Waals surface area contributed by atoms with Crippen molar-refractivity contribution in [3.63, 3.8) is 0 Å². The molecule has 7 heteroatoms. The maximum absolute atomic E-state index is 12.3. The van der Waals surface area contributed by atoms with Gasteiger partial charge in [-0.3, -0.25) is 4.79 Å². The highest BCUT2D eigenvalue weighted by atomic mass is 35.5. The summed E-state index contributed by atoms with van der Waals surface area (Å²) in [6.45, 7) is 1.64. The van der Waals surface area contributed by atoms with Crippen LogP contribution < -0.4 is 10.1 Å². The number of hydrogen-bond acceptors (Lipinski definition) is 4. The summed E-state index contributed by atoms with van der Waals surface area (Å²) >= 11 is 6.17. The van der Waals surface area contributed by atoms with Crippen LogP contribution in [0.15, 0.2) is 18.2 Å². The lowest BCUT2D eigenvalue weighted by atomic mass is 9.84. The van der Waals surface area contributed by atoms with Gasteiger partial charge >= 0.3 is 0 Å². The van der Waals surface area contributed by atoms with E-state index in [9.17, 15) is 13.2 Å². The Morgan fingerprint density at radius 3 is 2.69 bits per heavy atom. The van der Waals surface area contributed by atoms with E-state index in [0.29, 0.717) is 23.1 Å². The van der Waals surface area contributed by atoms with Gasteiger partial charge in [0, 0.05) is 5.02 Å². The second-order valence-electron chi connectivity index (χ2n) is 7.76. The summed E-state index contributed by atoms with van der Waals surface area (Å²) in [5.41, 5.74) is 0.366. The molecule has 2 fully saturated rings. The van der Waals surface area contributed by atoms with Gasteiger partial charge in [0.25, 0.3) is 5.91 Å². The van der Waals surface area contributed by atoms with Gasteiger partial charge in [0.05, 0.1) is 17.0 Å². The van der Waals surface area contributed by atoms with Crippen LogP contribution in [0.1, 0.15) is 56.9 Å². The van der Waals surface area contributed by atoms with Gasteiger partial charge in [-0.05, 0) is 55.9 Å². The molecule has 1 aliphatic heterocycles. The van der Waals surface area contributed by atoms with Crippen LogP contribution >= 0.6 is 11.6 Å². The molecule has 26 heavy (non-hydrogen) atoms. The summed E-state index contributed by atoms with van der Waals surface area (Å²) in [6, 6.07) is 5.53. The smallest absolute Gasteiger partial charge is 0.258 e. The van der Waals surface area contributed by atoms with Gasteiger partial charge in [-0.25, -0.2) is 8.42 Å². The second kappa shape index (κ2) is 7.77. The number of benzene rings is 1. The van der Waals surface area contributed by atoms with Crippen molar-refractivity contribution < 1.29 is 17.9 Å². The fourth-order valence-electron chi connectivity index (χ4n) is 4.01. The summed E-state index contributed by atoms with van der Waals surface area (Å²) in [5.74, 6) is 0.918. The van der Waals surface area contributed by atoms with E-state index in [4.69, 9.17) is 16.3 Å². The van der Waals surface area contributed by atoms with Crippen LogP contribution in [0.2, 0.25) is 5.02 Å². The maximum Gasteiger partial charge on any atom is 0.258 e. The van der Waals surface area contributed by atoms with E-state index in [1.807, 2.05) is 12.1 Å². The molecule has 0 spiro atoms. The van der Waals surface area contributed by atoms with Crippen molar-refractivity contribution in [3.8, 4) is 5.75 Å². The number of carbonyl (C=O) groups excluding carboxylic acids is 1. The first-order valence-corrected chi connectivity index (χ1v) is 11.4. The first-order valence-electron chi connectivity index (χ1n) is 9.20. The molecule has 1 amide bonds. The maximum atomic E-state index is 12.3. The van der Waals surface area contributed by atoms with Gasteiger partial charge in [-0.1, -0.05) is 30.9 Å². The number of nitrogens with one attached hydrogen (secondary N) is 1. The van der Waals surface area contributed by atoms with Gasteiger partial charge in [0.15, 0.2) is 16.4 Å². The fourth-order valence-corrected chi connectivity index (χ4v) is 6.28. The Labute approximate surface area is 160 Å². The van der Waals surface area contributed by atoms with Crippen LogP contribution in [0.25, 0.3) is 0 Å². The van der Waals surface area contributed by atoms with E-state index >= 15 is 0 Å². The van der Waals surface area contributed by atoms with Gasteiger partial charge < -0.3 is 10.1 Å². The molecule has 2 aliphatic rings. The quantitative estimate of drug-likeness (QED) is 0.822. The summed E-state index contributed by atoms with van der Waals surface area (Å²) in [4.78, 5) is 12.3. The standard InChI is InChI=1S/C19H26ClNO4S/c1-19(9-10-26(23,24)13-19)21-18(22)12-25-17-8-7-15(20)11-16(17)14-5-3-2-4-6-14/h7-8,11,14H,2-6,9-10,12-13H2,1H3,(H,21,22)/t19-/m0/s1. The van der Waals surface area contributed by atoms with Crippen molar-refractivity contribution in [1.82, 2.24) is 5.32 Å². The Bertz CT molecular complexity index is 774. The summed E-state index contributed by atoms with van der Waals surface area (Å²) < 4.78 is 29.1. The lowest BCUT2D eigenvalue weighted by molar-refractivity contribution is -0.124. The zero-order chi connectivity index (χ0) is 18.8. The molecule has 5 nitrogen and oxygen atoms in total. The largest absolute Gasteiger partial charge is 0.483 e. The molecule has 0 unspecified atom stereocenters. The Hall–Kier alpha value is -1.27. The Morgan fingerprint density at radius 1 is 1.31 bits per heavy atom. The third-order valence-electron chi connectivity index (χ3n) is 5.32. The minimum atomic E-state index is -3.06. The molecule has 1 heterocycles. The van der Waals surface area contributed by atoms with Gasteiger partial charge in [0.2, 0.25) is 0 Å². The third kappa shape index (κ3) is 4.92. The monoisotopic (exact) mass is 399 g/mol. The van der Waals surface area contributed by atoms with Crippen LogP contribution in [0.4, 0.5) is 0 Å². The molecule has 0 aromatic heterocycles. The molecule has 1 saturated heterocycles. The normalized spacial score (nSPS) is 25.8. The van der Waals surface area contributed by atoms with Crippen molar-refractivity contribution >= 4 is 27.3 Å². The van der Waals surface area contributed by atoms with E-state index in [1.165, 1.54) is 19.3 Å². The highest BCUT2D eigenvalue weighted by Crippen LogP contribution is 2.38. The average Bonchev–Trinajstić information content (AvgIpc) is 2.87. The molecule has 1 saturated carbocycles. The summed E-state index contributed by atoms with van der Waals surface area (Å²) in [7, 11) is -3.06. The molecule has 1 aliphatic carbocycles. The van der Waals surface area contributed by atoms with Crippen LogP contribution in [-0.4, -0.2) is 38.0 Å². The molecule has 1 atom stereocenters. The van der Waals surface area contributed by atoms with Crippen LogP contribution in [0.3, 0.4) is 0 Å². The van der Waals surface area contributed by atoms with Crippen molar-refractivity contribution in [2.75, 3.05) is 18.1 Å². The predicted octanol–water partition coefficient (Wildman–Crippen LogP) is 3.46. The third-order valence-corrected chi connectivity index (χ3v) is 7.46. The van der Waals surface area contributed by atoms with Gasteiger partial charge in [-0.2, -0.15) is 0 Å². The van der Waals surface area contributed by atoms with Gasteiger partial charge in [0.1, 0.15) is 5.75 Å². The van der Waals surface area contributed by atoms with E-state index in [2.05, 4.69) is 5.32 Å². The molecule has 1 N–H and O–H groups in total. The fraction of sp³-hybridized carbons (Fsp3) is 0.632. The molecule has 0 radical (unpaired) electrons. The van der Waals surface area contributed by atoms with Crippen LogP contribution in [0.5, 0.6) is 5.75 Å². The van der Waals surface area contributed by atoms with Crippen molar-refractivity contribution in [2.24, 2.45) is 0 Å². The number of amides is 1. The zero-order valence-electron chi connectivity index (χ0n) is 15.1. The molecule has 1 aromatic rings. The highest BCUT2D eigenvalue weighted by Gasteiger charge is 2.39. The van der Waals surface area contributed by atoms with Gasteiger partial charge in [-0.15, -0.1) is 0 Å². The first kappa shape index (κ1) is 19.5. The SMILES string of the molecule is C[C@]1(NC(=O)COc2ccc(Cl)cc2C2CCCCC2)CCS(=O)(=O)C1. The number of rotatable bonds is 5. The molecule has 144 valence electrons. The molecule has 1 aromatic carbocycles. The zero-order valence-corrected chi connectivity index (χ0v) is 16.7. The Kier molecular flexibility index (Phi) is 5.82. The van der Waals surface area contributed by atoms with Crippen molar-refractivity contribution in [1.29, 1.82) is 0 Å². The lowest BCUT2D eigenvalue weighted by Gasteiger charge is -2.26.